The Labute approximate surface area is 84.2 Å². The van der Waals surface area contributed by atoms with E-state index >= 15 is 0 Å². The molecule has 1 N–H and O–H groups in total. The van der Waals surface area contributed by atoms with Gasteiger partial charge >= 0.3 is 0 Å². The molecule has 0 bridgehead atoms. The average Bonchev–Trinajstić information content (AvgIpc) is 2.45. The Morgan fingerprint density at radius 3 is 2.69 bits per heavy atom. The summed E-state index contributed by atoms with van der Waals surface area (Å²) in [6.07, 6.45) is 0. The zero-order chi connectivity index (χ0) is 9.42. The monoisotopic (exact) mass is 210 g/mol. The molecule has 0 amide bonds. The van der Waals surface area contributed by atoms with Crippen molar-refractivity contribution in [2.45, 2.75) is 0 Å². The fourth-order valence-corrected chi connectivity index (χ4v) is 2.35. The van der Waals surface area contributed by atoms with Crippen molar-refractivity contribution in [3.05, 3.63) is 29.1 Å². The molecular weight excluding hydrogens is 204 g/mol. The number of rotatable bonds is 1. The van der Waals surface area contributed by atoms with Crippen LogP contribution in [0.2, 0.25) is 0 Å². The molecule has 4 heteroatoms. The summed E-state index contributed by atoms with van der Waals surface area (Å²) >= 11 is 4.94. The second-order valence-corrected chi connectivity index (χ2v) is 4.04. The molecule has 2 nitrogen and oxygen atoms in total. The van der Waals surface area contributed by atoms with Gasteiger partial charge in [-0.3, -0.25) is 4.79 Å². The quantitative estimate of drug-likeness (QED) is 0.710. The SMILES string of the molecule is O=C(S)c1sc2ccccc2c1O. The van der Waals surface area contributed by atoms with Crippen LogP contribution in [-0.2, 0) is 0 Å². The minimum absolute atomic E-state index is 0.0422. The molecule has 0 unspecified atom stereocenters. The number of hydrogen-bond acceptors (Lipinski definition) is 3. The van der Waals surface area contributed by atoms with Gasteiger partial charge in [-0.15, -0.1) is 11.3 Å². The standard InChI is InChI=1S/C9H6O2S2/c10-7-5-3-1-2-4-6(5)13-8(7)9(11)12/h1-4,10H,(H,11,12). The third-order valence-corrected chi connectivity index (χ3v) is 3.30. The van der Waals surface area contributed by atoms with Crippen molar-refractivity contribution in [1.82, 2.24) is 0 Å². The summed E-state index contributed by atoms with van der Waals surface area (Å²) < 4.78 is 0.900. The molecule has 1 aromatic heterocycles. The van der Waals surface area contributed by atoms with Gasteiger partial charge in [0, 0.05) is 10.1 Å². The van der Waals surface area contributed by atoms with Gasteiger partial charge in [0.25, 0.3) is 0 Å². The maximum absolute atomic E-state index is 11.0. The molecule has 0 fully saturated rings. The smallest absolute Gasteiger partial charge is 0.230 e. The number of carbonyl (C=O) groups is 1. The predicted molar refractivity (Wildman–Crippen MR) is 56.8 cm³/mol. The van der Waals surface area contributed by atoms with Crippen molar-refractivity contribution in [3.8, 4) is 5.75 Å². The summed E-state index contributed by atoms with van der Waals surface area (Å²) in [4.78, 5) is 11.3. The Morgan fingerprint density at radius 1 is 1.38 bits per heavy atom. The van der Waals surface area contributed by atoms with E-state index in [4.69, 9.17) is 0 Å². The van der Waals surface area contributed by atoms with Crippen molar-refractivity contribution in [3.63, 3.8) is 0 Å². The van der Waals surface area contributed by atoms with E-state index < -0.39 is 5.12 Å². The van der Waals surface area contributed by atoms with Crippen LogP contribution in [0.15, 0.2) is 24.3 Å². The van der Waals surface area contributed by atoms with Crippen LogP contribution < -0.4 is 0 Å². The number of fused-ring (bicyclic) bond motifs is 1. The summed E-state index contributed by atoms with van der Waals surface area (Å²) in [6.45, 7) is 0. The Bertz CT molecular complexity index is 473. The van der Waals surface area contributed by atoms with Gasteiger partial charge in [-0.1, -0.05) is 24.8 Å². The summed E-state index contributed by atoms with van der Waals surface area (Å²) in [7, 11) is 0. The van der Waals surface area contributed by atoms with Gasteiger partial charge in [-0.25, -0.2) is 0 Å². The molecule has 0 atom stereocenters. The van der Waals surface area contributed by atoms with Gasteiger partial charge in [-0.05, 0) is 12.1 Å². The van der Waals surface area contributed by atoms with Crippen molar-refractivity contribution in [2.75, 3.05) is 0 Å². The largest absolute Gasteiger partial charge is 0.506 e. The van der Waals surface area contributed by atoms with Gasteiger partial charge in [-0.2, -0.15) is 0 Å². The molecule has 0 saturated heterocycles. The van der Waals surface area contributed by atoms with Gasteiger partial charge in [0.2, 0.25) is 5.12 Å². The lowest BCUT2D eigenvalue weighted by atomic mass is 10.2. The number of carbonyl (C=O) groups excluding carboxylic acids is 1. The molecule has 1 aromatic carbocycles. The molecule has 2 rings (SSSR count). The number of benzene rings is 1. The lowest BCUT2D eigenvalue weighted by Crippen LogP contribution is -1.81. The van der Waals surface area contributed by atoms with E-state index in [0.29, 0.717) is 10.3 Å². The fraction of sp³-hybridized carbons (Fsp3) is 0. The van der Waals surface area contributed by atoms with E-state index in [9.17, 15) is 9.90 Å². The molecule has 0 aliphatic rings. The van der Waals surface area contributed by atoms with Crippen molar-refractivity contribution < 1.29 is 9.90 Å². The second-order valence-electron chi connectivity index (χ2n) is 2.58. The molecule has 0 radical (unpaired) electrons. The first-order valence-corrected chi connectivity index (χ1v) is 4.90. The van der Waals surface area contributed by atoms with Gasteiger partial charge in [0.05, 0.1) is 0 Å². The summed E-state index contributed by atoms with van der Waals surface area (Å²) in [5, 5.41) is 9.92. The number of aromatic hydroxyl groups is 1. The van der Waals surface area contributed by atoms with Crippen LogP contribution in [0.4, 0.5) is 0 Å². The molecule has 0 saturated carbocycles. The molecule has 2 aromatic rings. The number of hydrogen-bond donors (Lipinski definition) is 2. The first kappa shape index (κ1) is 8.59. The van der Waals surface area contributed by atoms with Crippen LogP contribution in [0, 0.1) is 0 Å². The maximum Gasteiger partial charge on any atom is 0.230 e. The molecule has 66 valence electrons. The lowest BCUT2D eigenvalue weighted by molar-refractivity contribution is 0.109. The normalized spacial score (nSPS) is 10.5. The van der Waals surface area contributed by atoms with E-state index in [1.807, 2.05) is 18.2 Å². The molecule has 1 heterocycles. The maximum atomic E-state index is 11.0. The van der Waals surface area contributed by atoms with E-state index in [1.165, 1.54) is 11.3 Å². The van der Waals surface area contributed by atoms with Crippen LogP contribution in [0.3, 0.4) is 0 Å². The Kier molecular flexibility index (Phi) is 2.01. The van der Waals surface area contributed by atoms with E-state index in [1.54, 1.807) is 6.07 Å². The topological polar surface area (TPSA) is 37.3 Å². The predicted octanol–water partition coefficient (Wildman–Crippen LogP) is 2.68. The van der Waals surface area contributed by atoms with Gasteiger partial charge in [0.1, 0.15) is 10.6 Å². The third-order valence-electron chi connectivity index (χ3n) is 1.76. The highest BCUT2D eigenvalue weighted by atomic mass is 32.1. The summed E-state index contributed by atoms with van der Waals surface area (Å²) in [6, 6.07) is 7.33. The highest BCUT2D eigenvalue weighted by Gasteiger charge is 2.14. The van der Waals surface area contributed by atoms with Crippen LogP contribution >= 0.6 is 24.0 Å². The third kappa shape index (κ3) is 1.32. The van der Waals surface area contributed by atoms with Crippen molar-refractivity contribution in [2.24, 2.45) is 0 Å². The summed E-state index contributed by atoms with van der Waals surface area (Å²) in [5.41, 5.74) is 0. The molecule has 0 aliphatic carbocycles. The van der Waals surface area contributed by atoms with Crippen LogP contribution in [-0.4, -0.2) is 10.2 Å². The van der Waals surface area contributed by atoms with Gasteiger partial charge in [0.15, 0.2) is 0 Å². The minimum Gasteiger partial charge on any atom is -0.506 e. The second kappa shape index (κ2) is 3.05. The van der Waals surface area contributed by atoms with E-state index in [2.05, 4.69) is 12.6 Å². The van der Waals surface area contributed by atoms with Crippen LogP contribution in [0.1, 0.15) is 9.67 Å². The fourth-order valence-electron chi connectivity index (χ4n) is 1.18. The van der Waals surface area contributed by atoms with Crippen LogP contribution in [0.25, 0.3) is 10.1 Å². The molecular formula is C9H6O2S2. The highest BCUT2D eigenvalue weighted by molar-refractivity contribution is 7.97. The van der Waals surface area contributed by atoms with Crippen LogP contribution in [0.5, 0.6) is 5.75 Å². The number of thiol groups is 1. The average molecular weight is 210 g/mol. The minimum atomic E-state index is -0.390. The Hall–Kier alpha value is -1.00. The Morgan fingerprint density at radius 2 is 2.08 bits per heavy atom. The first-order valence-electron chi connectivity index (χ1n) is 3.64. The molecule has 0 aliphatic heterocycles. The van der Waals surface area contributed by atoms with Crippen molar-refractivity contribution >= 4 is 39.2 Å². The highest BCUT2D eigenvalue weighted by Crippen LogP contribution is 2.37. The van der Waals surface area contributed by atoms with Crippen molar-refractivity contribution in [1.29, 1.82) is 0 Å². The molecule has 0 spiro atoms. The zero-order valence-electron chi connectivity index (χ0n) is 6.52. The van der Waals surface area contributed by atoms with Gasteiger partial charge < -0.3 is 5.11 Å². The number of thiophene rings is 1. The first-order chi connectivity index (χ1) is 6.20. The Balaban J connectivity index is 2.81. The molecule has 13 heavy (non-hydrogen) atoms. The summed E-state index contributed by atoms with van der Waals surface area (Å²) in [5.74, 6) is 0.0422. The zero-order valence-corrected chi connectivity index (χ0v) is 8.23. The van der Waals surface area contributed by atoms with E-state index in [-0.39, 0.29) is 5.75 Å². The lowest BCUT2D eigenvalue weighted by Gasteiger charge is -1.89. The van der Waals surface area contributed by atoms with E-state index in [0.717, 1.165) is 4.70 Å².